The maximum Gasteiger partial charge on any atom is 0.416 e. The monoisotopic (exact) mass is 361 g/mol. The van der Waals surface area contributed by atoms with Crippen LogP contribution in [0.5, 0.6) is 0 Å². The number of nitrogen functional groups attached to an aromatic ring is 1. The van der Waals surface area contributed by atoms with Crippen molar-refractivity contribution in [3.63, 3.8) is 0 Å². The number of aromatic nitrogens is 1. The van der Waals surface area contributed by atoms with Crippen LogP contribution in [0.15, 0.2) is 18.2 Å². The van der Waals surface area contributed by atoms with E-state index in [1.807, 2.05) is 11.9 Å². The number of halogens is 4. The number of benzene rings is 1. The van der Waals surface area contributed by atoms with Gasteiger partial charge in [0.1, 0.15) is 5.82 Å². The van der Waals surface area contributed by atoms with Gasteiger partial charge in [0.15, 0.2) is 5.13 Å². The third-order valence-electron chi connectivity index (χ3n) is 3.52. The molecule has 0 saturated heterocycles. The summed E-state index contributed by atoms with van der Waals surface area (Å²) < 4.78 is 52.3. The molecule has 0 bridgehead atoms. The van der Waals surface area contributed by atoms with E-state index in [1.54, 1.807) is 0 Å². The van der Waals surface area contributed by atoms with Crippen molar-refractivity contribution < 1.29 is 17.6 Å². The Morgan fingerprint density at radius 3 is 2.58 bits per heavy atom. The third kappa shape index (κ3) is 4.67. The first-order chi connectivity index (χ1) is 11.2. The zero-order valence-electron chi connectivity index (χ0n) is 13.5. The fourth-order valence-electron chi connectivity index (χ4n) is 2.34. The van der Waals surface area contributed by atoms with Gasteiger partial charge in [-0.25, -0.2) is 9.37 Å². The molecular formula is C16H19F4N3S. The zero-order chi connectivity index (χ0) is 17.9. The Hall–Kier alpha value is -1.67. The smallest absolute Gasteiger partial charge is 0.375 e. The van der Waals surface area contributed by atoms with Gasteiger partial charge in [-0.3, -0.25) is 0 Å². The summed E-state index contributed by atoms with van der Waals surface area (Å²) in [5.41, 5.74) is 5.10. The fraction of sp³-hybridized carbons (Fsp3) is 0.438. The molecule has 0 amide bonds. The molecule has 0 aliphatic heterocycles. The first-order valence-corrected chi connectivity index (χ1v) is 8.34. The number of alkyl halides is 3. The van der Waals surface area contributed by atoms with Crippen LogP contribution < -0.4 is 5.73 Å². The van der Waals surface area contributed by atoms with E-state index in [-0.39, 0.29) is 10.7 Å². The minimum atomic E-state index is -4.61. The summed E-state index contributed by atoms with van der Waals surface area (Å²) in [5, 5.41) is 0.252. The fourth-order valence-corrected chi connectivity index (χ4v) is 3.28. The van der Waals surface area contributed by atoms with Crippen LogP contribution in [0.4, 0.5) is 22.7 Å². The van der Waals surface area contributed by atoms with Crippen molar-refractivity contribution in [2.45, 2.75) is 32.5 Å². The van der Waals surface area contributed by atoms with Crippen molar-refractivity contribution in [2.24, 2.45) is 0 Å². The van der Waals surface area contributed by atoms with Crippen molar-refractivity contribution in [3.8, 4) is 11.3 Å². The van der Waals surface area contributed by atoms with Crippen LogP contribution in [0.25, 0.3) is 11.3 Å². The summed E-state index contributed by atoms with van der Waals surface area (Å²) in [6, 6.07) is 2.44. The minimum Gasteiger partial charge on any atom is -0.375 e. The second-order valence-electron chi connectivity index (χ2n) is 5.64. The highest BCUT2D eigenvalue weighted by atomic mass is 32.1. The summed E-state index contributed by atoms with van der Waals surface area (Å²) >= 11 is 1.21. The Morgan fingerprint density at radius 1 is 1.25 bits per heavy atom. The maximum atomic E-state index is 13.6. The molecule has 2 N–H and O–H groups in total. The number of nitrogens with zero attached hydrogens (tertiary/aromatic N) is 2. The molecule has 8 heteroatoms. The molecule has 0 spiro atoms. The molecule has 132 valence electrons. The van der Waals surface area contributed by atoms with Gasteiger partial charge in [-0.15, -0.1) is 11.3 Å². The van der Waals surface area contributed by atoms with Crippen LogP contribution in [-0.2, 0) is 12.7 Å². The lowest BCUT2D eigenvalue weighted by atomic mass is 10.1. The number of nitrogens with two attached hydrogens (primary N) is 1. The van der Waals surface area contributed by atoms with Gasteiger partial charge >= 0.3 is 6.18 Å². The summed E-state index contributed by atoms with van der Waals surface area (Å²) in [7, 11) is 1.92. The SMILES string of the molecule is CCCCN(C)Cc1sc(N)nc1-c1cc(F)cc(C(F)(F)F)c1. The second kappa shape index (κ2) is 7.48. The van der Waals surface area contributed by atoms with Crippen molar-refractivity contribution in [1.82, 2.24) is 9.88 Å². The zero-order valence-corrected chi connectivity index (χ0v) is 14.3. The van der Waals surface area contributed by atoms with Gasteiger partial charge in [-0.2, -0.15) is 13.2 Å². The van der Waals surface area contributed by atoms with Crippen molar-refractivity contribution in [1.29, 1.82) is 0 Å². The van der Waals surface area contributed by atoms with Crippen LogP contribution >= 0.6 is 11.3 Å². The lowest BCUT2D eigenvalue weighted by Crippen LogP contribution is -2.18. The number of rotatable bonds is 6. The number of anilines is 1. The molecule has 0 unspecified atom stereocenters. The molecule has 1 aromatic carbocycles. The molecule has 3 nitrogen and oxygen atoms in total. The molecule has 2 aromatic rings. The van der Waals surface area contributed by atoms with Crippen LogP contribution in [0.3, 0.4) is 0 Å². The molecule has 0 aliphatic rings. The average Bonchev–Trinajstić information content (AvgIpc) is 2.84. The standard InChI is InChI=1S/C16H19F4N3S/c1-3-4-5-23(2)9-13-14(22-15(21)24-13)10-6-11(16(18,19)20)8-12(17)7-10/h6-8H,3-5,9H2,1-2H3,(H2,21,22). The average molecular weight is 361 g/mol. The lowest BCUT2D eigenvalue weighted by Gasteiger charge is -2.16. The highest BCUT2D eigenvalue weighted by Crippen LogP contribution is 2.36. The van der Waals surface area contributed by atoms with Crippen LogP contribution in [0.1, 0.15) is 30.2 Å². The van der Waals surface area contributed by atoms with E-state index in [0.717, 1.165) is 36.4 Å². The molecule has 0 radical (unpaired) electrons. The second-order valence-corrected chi connectivity index (χ2v) is 6.76. The normalized spacial score (nSPS) is 12.1. The van der Waals surface area contributed by atoms with E-state index in [0.29, 0.717) is 18.3 Å². The van der Waals surface area contributed by atoms with Crippen LogP contribution in [-0.4, -0.2) is 23.5 Å². The van der Waals surface area contributed by atoms with E-state index in [1.165, 1.54) is 11.3 Å². The molecule has 0 saturated carbocycles. The van der Waals surface area contributed by atoms with E-state index < -0.39 is 17.6 Å². The van der Waals surface area contributed by atoms with Crippen molar-refractivity contribution in [3.05, 3.63) is 34.5 Å². The van der Waals surface area contributed by atoms with E-state index in [2.05, 4.69) is 11.9 Å². The van der Waals surface area contributed by atoms with Gasteiger partial charge < -0.3 is 10.6 Å². The van der Waals surface area contributed by atoms with E-state index >= 15 is 0 Å². The van der Waals surface area contributed by atoms with Gasteiger partial charge in [0.25, 0.3) is 0 Å². The molecule has 0 fully saturated rings. The highest BCUT2D eigenvalue weighted by Gasteiger charge is 2.32. The Balaban J connectivity index is 2.37. The van der Waals surface area contributed by atoms with Gasteiger partial charge in [0.2, 0.25) is 0 Å². The molecule has 2 rings (SSSR count). The molecule has 0 aliphatic carbocycles. The molecule has 0 atom stereocenters. The Kier molecular flexibility index (Phi) is 5.82. The topological polar surface area (TPSA) is 42.1 Å². The van der Waals surface area contributed by atoms with Crippen molar-refractivity contribution >= 4 is 16.5 Å². The summed E-state index contributed by atoms with van der Waals surface area (Å²) in [6.07, 6.45) is -2.56. The highest BCUT2D eigenvalue weighted by molar-refractivity contribution is 7.15. The van der Waals surface area contributed by atoms with Gasteiger partial charge in [-0.05, 0) is 38.2 Å². The Bertz CT molecular complexity index is 697. The third-order valence-corrected chi connectivity index (χ3v) is 4.39. The van der Waals surface area contributed by atoms with Gasteiger partial charge in [0.05, 0.1) is 11.3 Å². The maximum absolute atomic E-state index is 13.6. The quantitative estimate of drug-likeness (QED) is 0.753. The van der Waals surface area contributed by atoms with Crippen molar-refractivity contribution in [2.75, 3.05) is 19.3 Å². The molecule has 1 aromatic heterocycles. The van der Waals surface area contributed by atoms with Crippen LogP contribution in [0.2, 0.25) is 0 Å². The Labute approximate surface area is 142 Å². The number of unbranched alkanes of at least 4 members (excludes halogenated alkanes) is 1. The lowest BCUT2D eigenvalue weighted by molar-refractivity contribution is -0.137. The first-order valence-electron chi connectivity index (χ1n) is 7.52. The minimum absolute atomic E-state index is 0.0918. The summed E-state index contributed by atoms with van der Waals surface area (Å²) in [5.74, 6) is -0.948. The first kappa shape index (κ1) is 18.7. The van der Waals surface area contributed by atoms with Crippen LogP contribution in [0, 0.1) is 5.82 Å². The van der Waals surface area contributed by atoms with Gasteiger partial charge in [-0.1, -0.05) is 13.3 Å². The van der Waals surface area contributed by atoms with Gasteiger partial charge in [0, 0.05) is 17.0 Å². The summed E-state index contributed by atoms with van der Waals surface area (Å²) in [6.45, 7) is 3.43. The number of hydrogen-bond acceptors (Lipinski definition) is 4. The van der Waals surface area contributed by atoms with E-state index in [9.17, 15) is 17.6 Å². The number of thiazole rings is 1. The predicted molar refractivity (Wildman–Crippen MR) is 88.2 cm³/mol. The predicted octanol–water partition coefficient (Wildman–Crippen LogP) is 4.78. The molecule has 24 heavy (non-hydrogen) atoms. The molecular weight excluding hydrogens is 342 g/mol. The largest absolute Gasteiger partial charge is 0.416 e. The number of hydrogen-bond donors (Lipinski definition) is 1. The summed E-state index contributed by atoms with van der Waals surface area (Å²) in [4.78, 5) is 6.89. The van der Waals surface area contributed by atoms with E-state index in [4.69, 9.17) is 5.73 Å². The molecule has 1 heterocycles. The Morgan fingerprint density at radius 2 is 1.96 bits per heavy atom.